The minimum Gasteiger partial charge on any atom is -0.433 e. The van der Waals surface area contributed by atoms with Gasteiger partial charge in [-0.1, -0.05) is 19.6 Å². The van der Waals surface area contributed by atoms with Crippen molar-refractivity contribution in [3.05, 3.63) is 23.3 Å². The second-order valence-electron chi connectivity index (χ2n) is 6.49. The number of carbonyl (C=O) groups is 1. The predicted octanol–water partition coefficient (Wildman–Crippen LogP) is 3.36. The highest BCUT2D eigenvalue weighted by atomic mass is 28.3. The Balaban J connectivity index is 1.91. The lowest BCUT2D eigenvalue weighted by Crippen LogP contribution is -2.38. The summed E-state index contributed by atoms with van der Waals surface area (Å²) in [5.41, 5.74) is 9.66. The van der Waals surface area contributed by atoms with Crippen molar-refractivity contribution in [3.63, 3.8) is 0 Å². The average Bonchev–Trinajstić information content (AvgIpc) is 2.71. The molecule has 0 aromatic heterocycles. The van der Waals surface area contributed by atoms with Crippen molar-refractivity contribution in [3.8, 4) is 0 Å². The van der Waals surface area contributed by atoms with Crippen molar-refractivity contribution in [2.75, 3.05) is 17.2 Å². The standard InChI is InChI=1S/C14H23N3O3Si/c1-10-8-12-13(9-11(10)2)17(16-15-12)20-14(18)19-6-7-21(3,4)5/h8-9,15-16H,6-7H2,1-5H3. The minimum absolute atomic E-state index is 0.398. The molecule has 0 atom stereocenters. The van der Waals surface area contributed by atoms with Crippen molar-refractivity contribution in [1.82, 2.24) is 5.53 Å². The zero-order valence-corrected chi connectivity index (χ0v) is 14.2. The quantitative estimate of drug-likeness (QED) is 0.657. The molecule has 0 saturated heterocycles. The Kier molecular flexibility index (Phi) is 4.43. The average molecular weight is 309 g/mol. The lowest BCUT2D eigenvalue weighted by molar-refractivity contribution is 0.0435. The van der Waals surface area contributed by atoms with Crippen molar-refractivity contribution in [1.29, 1.82) is 0 Å². The van der Waals surface area contributed by atoms with Gasteiger partial charge < -0.3 is 4.74 Å². The number of benzene rings is 1. The topological polar surface area (TPSA) is 62.8 Å². The summed E-state index contributed by atoms with van der Waals surface area (Å²) >= 11 is 0. The third-order valence-electron chi connectivity index (χ3n) is 3.36. The maximum absolute atomic E-state index is 11.7. The van der Waals surface area contributed by atoms with Crippen LogP contribution in [0.5, 0.6) is 0 Å². The molecule has 1 aliphatic rings. The second-order valence-corrected chi connectivity index (χ2v) is 12.1. The highest BCUT2D eigenvalue weighted by Crippen LogP contribution is 2.31. The van der Waals surface area contributed by atoms with Gasteiger partial charge in [0.2, 0.25) is 0 Å². The first kappa shape index (κ1) is 15.7. The van der Waals surface area contributed by atoms with Gasteiger partial charge in [0, 0.05) is 8.07 Å². The smallest absolute Gasteiger partial charge is 0.433 e. The van der Waals surface area contributed by atoms with Crippen LogP contribution in [0.15, 0.2) is 12.1 Å². The van der Waals surface area contributed by atoms with E-state index in [1.807, 2.05) is 26.0 Å². The number of hydrogen-bond acceptors (Lipinski definition) is 6. The normalized spacial score (nSPS) is 13.7. The van der Waals surface area contributed by atoms with Gasteiger partial charge in [-0.05, 0) is 43.2 Å². The van der Waals surface area contributed by atoms with Gasteiger partial charge in [0.1, 0.15) is 5.69 Å². The molecule has 1 aromatic rings. The molecule has 0 spiro atoms. The molecule has 2 rings (SSSR count). The predicted molar refractivity (Wildman–Crippen MR) is 85.7 cm³/mol. The SMILES string of the molecule is Cc1cc2c(cc1C)N(OC(=O)OCC[Si](C)(C)C)NN2. The molecule has 7 heteroatoms. The van der Waals surface area contributed by atoms with E-state index in [9.17, 15) is 4.79 Å². The molecule has 0 bridgehead atoms. The largest absolute Gasteiger partial charge is 0.534 e. The fourth-order valence-corrected chi connectivity index (χ4v) is 2.57. The zero-order chi connectivity index (χ0) is 15.6. The number of fused-ring (bicyclic) bond motifs is 1. The molecule has 0 amide bonds. The summed E-state index contributed by atoms with van der Waals surface area (Å²) in [6.07, 6.45) is -0.700. The Bertz CT molecular complexity index is 543. The molecule has 0 aliphatic carbocycles. The Morgan fingerprint density at radius 2 is 1.90 bits per heavy atom. The van der Waals surface area contributed by atoms with Crippen molar-refractivity contribution < 1.29 is 14.4 Å². The van der Waals surface area contributed by atoms with Gasteiger partial charge in [0.15, 0.2) is 0 Å². The van der Waals surface area contributed by atoms with E-state index in [1.165, 1.54) is 10.7 Å². The number of ether oxygens (including phenoxy) is 1. The molecule has 1 aliphatic heterocycles. The zero-order valence-electron chi connectivity index (χ0n) is 13.2. The van der Waals surface area contributed by atoms with E-state index >= 15 is 0 Å². The molecule has 1 heterocycles. The molecule has 2 N–H and O–H groups in total. The monoisotopic (exact) mass is 309 g/mol. The number of rotatable bonds is 4. The van der Waals surface area contributed by atoms with Crippen molar-refractivity contribution in [2.24, 2.45) is 0 Å². The van der Waals surface area contributed by atoms with Crippen LogP contribution in [0, 0.1) is 13.8 Å². The fourth-order valence-electron chi connectivity index (χ4n) is 1.85. The maximum Gasteiger partial charge on any atom is 0.534 e. The van der Waals surface area contributed by atoms with Crippen LogP contribution in [0.4, 0.5) is 16.2 Å². The van der Waals surface area contributed by atoms with Crippen LogP contribution < -0.4 is 16.1 Å². The van der Waals surface area contributed by atoms with E-state index in [0.29, 0.717) is 6.61 Å². The summed E-state index contributed by atoms with van der Waals surface area (Å²) in [6.45, 7) is 11.1. The molecular weight excluding hydrogens is 286 g/mol. The van der Waals surface area contributed by atoms with Gasteiger partial charge >= 0.3 is 6.16 Å². The molecule has 1 aromatic carbocycles. The lowest BCUT2D eigenvalue weighted by atomic mass is 10.1. The van der Waals surface area contributed by atoms with E-state index in [-0.39, 0.29) is 0 Å². The first-order chi connectivity index (χ1) is 9.76. The van der Waals surface area contributed by atoms with Gasteiger partial charge in [0.05, 0.1) is 12.3 Å². The highest BCUT2D eigenvalue weighted by Gasteiger charge is 2.24. The van der Waals surface area contributed by atoms with Gasteiger partial charge in [-0.2, -0.15) is 0 Å². The Hall–Kier alpha value is -1.73. The molecule has 6 nitrogen and oxygen atoms in total. The number of nitrogens with zero attached hydrogens (tertiary/aromatic N) is 1. The molecule has 0 saturated carbocycles. The van der Waals surface area contributed by atoms with Gasteiger partial charge in [0.25, 0.3) is 0 Å². The van der Waals surface area contributed by atoms with E-state index in [4.69, 9.17) is 9.57 Å². The third-order valence-corrected chi connectivity index (χ3v) is 5.06. The number of anilines is 2. The van der Waals surface area contributed by atoms with Crippen LogP contribution in [0.25, 0.3) is 0 Å². The number of carbonyl (C=O) groups excluding carboxylic acids is 1. The molecule has 0 fully saturated rings. The number of aryl methyl sites for hydroxylation is 2. The second kappa shape index (κ2) is 5.95. The van der Waals surface area contributed by atoms with Crippen LogP contribution in [-0.4, -0.2) is 20.8 Å². The first-order valence-corrected chi connectivity index (χ1v) is 10.7. The van der Waals surface area contributed by atoms with Gasteiger partial charge in [-0.3, -0.25) is 10.3 Å². The molecular formula is C14H23N3O3Si. The summed E-state index contributed by atoms with van der Waals surface area (Å²) in [5.74, 6) is 0. The number of hydrazine groups is 2. The van der Waals surface area contributed by atoms with Crippen LogP contribution >= 0.6 is 0 Å². The van der Waals surface area contributed by atoms with Crippen LogP contribution in [0.3, 0.4) is 0 Å². The van der Waals surface area contributed by atoms with E-state index in [2.05, 4.69) is 30.6 Å². The highest BCUT2D eigenvalue weighted by molar-refractivity contribution is 6.76. The minimum atomic E-state index is -1.21. The van der Waals surface area contributed by atoms with Gasteiger partial charge in [-0.15, -0.1) is 10.7 Å². The van der Waals surface area contributed by atoms with Crippen LogP contribution in [-0.2, 0) is 9.57 Å². The van der Waals surface area contributed by atoms with E-state index in [1.54, 1.807) is 0 Å². The number of hydrogen-bond donors (Lipinski definition) is 2. The summed E-state index contributed by atoms with van der Waals surface area (Å²) in [4.78, 5) is 16.9. The Morgan fingerprint density at radius 3 is 2.57 bits per heavy atom. The fraction of sp³-hybridized carbons (Fsp3) is 0.500. The molecule has 0 unspecified atom stereocenters. The molecule has 116 valence electrons. The summed E-state index contributed by atoms with van der Waals surface area (Å²) in [5, 5.41) is 1.29. The lowest BCUT2D eigenvalue weighted by Gasteiger charge is -2.18. The molecule has 21 heavy (non-hydrogen) atoms. The molecule has 0 radical (unpaired) electrons. The van der Waals surface area contributed by atoms with E-state index in [0.717, 1.165) is 23.0 Å². The van der Waals surface area contributed by atoms with E-state index < -0.39 is 14.2 Å². The summed E-state index contributed by atoms with van der Waals surface area (Å²) in [7, 11) is -1.21. The third kappa shape index (κ3) is 4.12. The maximum atomic E-state index is 11.7. The number of nitrogens with one attached hydrogen (secondary N) is 2. The van der Waals surface area contributed by atoms with Crippen LogP contribution in [0.2, 0.25) is 25.7 Å². The Labute approximate surface area is 126 Å². The van der Waals surface area contributed by atoms with Crippen molar-refractivity contribution >= 4 is 25.6 Å². The Morgan fingerprint density at radius 1 is 1.24 bits per heavy atom. The van der Waals surface area contributed by atoms with Crippen LogP contribution in [0.1, 0.15) is 11.1 Å². The summed E-state index contributed by atoms with van der Waals surface area (Å²) < 4.78 is 5.11. The van der Waals surface area contributed by atoms with Gasteiger partial charge in [-0.25, -0.2) is 4.79 Å². The summed E-state index contributed by atoms with van der Waals surface area (Å²) in [6, 6.07) is 4.87. The first-order valence-electron chi connectivity index (χ1n) is 7.04. The van der Waals surface area contributed by atoms with Crippen molar-refractivity contribution in [2.45, 2.75) is 39.5 Å².